The summed E-state index contributed by atoms with van der Waals surface area (Å²) in [7, 11) is 0. The molecule has 0 atom stereocenters. The lowest BCUT2D eigenvalue weighted by Gasteiger charge is -2.18. The number of carbonyl (C=O) groups is 1. The van der Waals surface area contributed by atoms with Crippen LogP contribution in [0.4, 0.5) is 11.4 Å². The van der Waals surface area contributed by atoms with Gasteiger partial charge in [-0.05, 0) is 55.3 Å². The lowest BCUT2D eigenvalue weighted by atomic mass is 10.2. The number of anilines is 2. The van der Waals surface area contributed by atoms with Crippen molar-refractivity contribution >= 4 is 40.2 Å². The van der Waals surface area contributed by atoms with Crippen LogP contribution >= 0.6 is 22.9 Å². The van der Waals surface area contributed by atoms with Gasteiger partial charge in [-0.25, -0.2) is 4.98 Å². The standard InChI is InChI=1S/C21H20ClN3O2S/c22-15-6-8-18(9-7-15)27-13-20-24-19(14-28-20)21(26)23-16-4-3-5-17(12-16)25-10-1-2-11-25/h3-9,12,14H,1-2,10-11,13H2,(H,23,26). The number of aromatic nitrogens is 1. The zero-order valence-corrected chi connectivity index (χ0v) is 16.8. The first-order valence-corrected chi connectivity index (χ1v) is 10.4. The van der Waals surface area contributed by atoms with Crippen LogP contribution in [-0.2, 0) is 6.61 Å². The van der Waals surface area contributed by atoms with Gasteiger partial charge >= 0.3 is 0 Å². The van der Waals surface area contributed by atoms with Crippen LogP contribution in [0.2, 0.25) is 5.02 Å². The first-order valence-electron chi connectivity index (χ1n) is 9.16. The maximum absolute atomic E-state index is 12.5. The van der Waals surface area contributed by atoms with Gasteiger partial charge in [-0.1, -0.05) is 17.7 Å². The van der Waals surface area contributed by atoms with Gasteiger partial charge in [0.25, 0.3) is 5.91 Å². The average Bonchev–Trinajstić information content (AvgIpc) is 3.40. The third-order valence-electron chi connectivity index (χ3n) is 4.54. The summed E-state index contributed by atoms with van der Waals surface area (Å²) in [6.45, 7) is 2.45. The molecule has 0 radical (unpaired) electrons. The fraction of sp³-hybridized carbons (Fsp3) is 0.238. The highest BCUT2D eigenvalue weighted by Crippen LogP contribution is 2.24. The Morgan fingerprint density at radius 1 is 1.18 bits per heavy atom. The van der Waals surface area contributed by atoms with E-state index in [2.05, 4.69) is 21.3 Å². The molecule has 4 rings (SSSR count). The van der Waals surface area contributed by atoms with Gasteiger partial charge in [-0.3, -0.25) is 4.79 Å². The first kappa shape index (κ1) is 18.8. The molecular weight excluding hydrogens is 394 g/mol. The lowest BCUT2D eigenvalue weighted by molar-refractivity contribution is 0.102. The SMILES string of the molecule is O=C(Nc1cccc(N2CCCC2)c1)c1csc(COc2ccc(Cl)cc2)n1. The molecule has 1 N–H and O–H groups in total. The van der Waals surface area contributed by atoms with Gasteiger partial charge in [0.2, 0.25) is 0 Å². The van der Waals surface area contributed by atoms with Crippen LogP contribution in [0, 0.1) is 0 Å². The quantitative estimate of drug-likeness (QED) is 0.601. The first-order chi connectivity index (χ1) is 13.7. The monoisotopic (exact) mass is 413 g/mol. The minimum absolute atomic E-state index is 0.215. The number of hydrogen-bond donors (Lipinski definition) is 1. The summed E-state index contributed by atoms with van der Waals surface area (Å²) < 4.78 is 5.68. The Hall–Kier alpha value is -2.57. The molecule has 28 heavy (non-hydrogen) atoms. The van der Waals surface area contributed by atoms with E-state index in [1.165, 1.54) is 24.2 Å². The van der Waals surface area contributed by atoms with Crippen molar-refractivity contribution in [2.24, 2.45) is 0 Å². The van der Waals surface area contributed by atoms with Crippen molar-refractivity contribution in [1.29, 1.82) is 0 Å². The predicted molar refractivity (Wildman–Crippen MR) is 114 cm³/mol. The Labute approximate surface area is 172 Å². The molecule has 1 fully saturated rings. The van der Waals surface area contributed by atoms with E-state index in [1.807, 2.05) is 18.2 Å². The third kappa shape index (κ3) is 4.64. The highest BCUT2D eigenvalue weighted by Gasteiger charge is 2.15. The number of halogens is 1. The smallest absolute Gasteiger partial charge is 0.275 e. The van der Waals surface area contributed by atoms with Crippen molar-refractivity contribution < 1.29 is 9.53 Å². The minimum atomic E-state index is -0.215. The van der Waals surface area contributed by atoms with Crippen LogP contribution in [0.15, 0.2) is 53.9 Å². The second-order valence-electron chi connectivity index (χ2n) is 6.57. The number of amides is 1. The highest BCUT2D eigenvalue weighted by molar-refractivity contribution is 7.09. The van der Waals surface area contributed by atoms with Crippen molar-refractivity contribution in [2.45, 2.75) is 19.4 Å². The van der Waals surface area contributed by atoms with E-state index in [-0.39, 0.29) is 5.91 Å². The van der Waals surface area contributed by atoms with Crippen molar-refractivity contribution in [3.63, 3.8) is 0 Å². The van der Waals surface area contributed by atoms with Crippen molar-refractivity contribution in [3.05, 3.63) is 69.6 Å². The number of ether oxygens (including phenoxy) is 1. The number of nitrogens with one attached hydrogen (secondary N) is 1. The fourth-order valence-corrected chi connectivity index (χ4v) is 3.92. The van der Waals surface area contributed by atoms with E-state index in [9.17, 15) is 4.79 Å². The number of thiazole rings is 1. The normalized spacial score (nSPS) is 13.5. The van der Waals surface area contributed by atoms with Crippen LogP contribution in [0.25, 0.3) is 0 Å². The maximum atomic E-state index is 12.5. The summed E-state index contributed by atoms with van der Waals surface area (Å²) in [5, 5.41) is 6.09. The second-order valence-corrected chi connectivity index (χ2v) is 7.95. The van der Waals surface area contributed by atoms with Gasteiger partial charge in [0.05, 0.1) is 0 Å². The number of carbonyl (C=O) groups excluding carboxylic acids is 1. The number of benzene rings is 2. The van der Waals surface area contributed by atoms with E-state index in [1.54, 1.807) is 29.6 Å². The average molecular weight is 414 g/mol. The second kappa shape index (κ2) is 8.63. The molecule has 3 aromatic rings. The molecule has 1 aromatic heterocycles. The number of nitrogens with zero attached hydrogens (tertiary/aromatic N) is 2. The summed E-state index contributed by atoms with van der Waals surface area (Å²) in [4.78, 5) is 19.3. The van der Waals surface area contributed by atoms with E-state index in [0.717, 1.165) is 29.5 Å². The highest BCUT2D eigenvalue weighted by atomic mass is 35.5. The van der Waals surface area contributed by atoms with Crippen LogP contribution in [0.5, 0.6) is 5.75 Å². The number of rotatable bonds is 6. The van der Waals surface area contributed by atoms with Crippen LogP contribution in [-0.4, -0.2) is 24.0 Å². The molecule has 0 unspecified atom stereocenters. The van der Waals surface area contributed by atoms with Crippen molar-refractivity contribution in [2.75, 3.05) is 23.3 Å². The Kier molecular flexibility index (Phi) is 5.78. The maximum Gasteiger partial charge on any atom is 0.275 e. The van der Waals surface area contributed by atoms with Gasteiger partial charge in [0.15, 0.2) is 0 Å². The molecule has 1 saturated heterocycles. The summed E-state index contributed by atoms with van der Waals surface area (Å²) >= 11 is 7.27. The van der Waals surface area contributed by atoms with Crippen molar-refractivity contribution in [3.8, 4) is 5.75 Å². The van der Waals surface area contributed by atoms with Crippen LogP contribution in [0.3, 0.4) is 0 Å². The molecule has 1 aliphatic rings. The molecule has 1 aliphatic heterocycles. The molecule has 7 heteroatoms. The minimum Gasteiger partial charge on any atom is -0.486 e. The molecule has 2 heterocycles. The van der Waals surface area contributed by atoms with Crippen molar-refractivity contribution in [1.82, 2.24) is 4.98 Å². The zero-order valence-electron chi connectivity index (χ0n) is 15.2. The largest absolute Gasteiger partial charge is 0.486 e. The number of hydrogen-bond acceptors (Lipinski definition) is 5. The summed E-state index contributed by atoms with van der Waals surface area (Å²) in [6, 6.07) is 15.1. The topological polar surface area (TPSA) is 54.5 Å². The molecule has 0 saturated carbocycles. The third-order valence-corrected chi connectivity index (χ3v) is 5.61. The molecule has 0 bridgehead atoms. The zero-order chi connectivity index (χ0) is 19.3. The lowest BCUT2D eigenvalue weighted by Crippen LogP contribution is -2.18. The molecule has 0 spiro atoms. The fourth-order valence-electron chi connectivity index (χ4n) is 3.11. The van der Waals surface area contributed by atoms with Gasteiger partial charge in [-0.2, -0.15) is 0 Å². The summed E-state index contributed by atoms with van der Waals surface area (Å²) in [5.41, 5.74) is 2.32. The molecule has 0 aliphatic carbocycles. The van der Waals surface area contributed by atoms with Crippen LogP contribution in [0.1, 0.15) is 28.3 Å². The molecular formula is C21H20ClN3O2S. The van der Waals surface area contributed by atoms with E-state index in [0.29, 0.717) is 23.1 Å². The van der Waals surface area contributed by atoms with Gasteiger partial charge in [0.1, 0.15) is 23.1 Å². The Morgan fingerprint density at radius 3 is 2.75 bits per heavy atom. The Balaban J connectivity index is 1.36. The van der Waals surface area contributed by atoms with E-state index < -0.39 is 0 Å². The van der Waals surface area contributed by atoms with Crippen LogP contribution < -0.4 is 15.0 Å². The van der Waals surface area contributed by atoms with E-state index >= 15 is 0 Å². The van der Waals surface area contributed by atoms with Gasteiger partial charge in [-0.15, -0.1) is 11.3 Å². The Morgan fingerprint density at radius 2 is 1.96 bits per heavy atom. The molecule has 144 valence electrons. The summed E-state index contributed by atoms with van der Waals surface area (Å²) in [5.74, 6) is 0.497. The van der Waals surface area contributed by atoms with Gasteiger partial charge < -0.3 is 15.0 Å². The van der Waals surface area contributed by atoms with Gasteiger partial charge in [0, 0.05) is 34.9 Å². The molecule has 1 amide bonds. The van der Waals surface area contributed by atoms with E-state index in [4.69, 9.17) is 16.3 Å². The molecule has 5 nitrogen and oxygen atoms in total. The Bertz CT molecular complexity index is 952. The summed E-state index contributed by atoms with van der Waals surface area (Å²) in [6.07, 6.45) is 2.44. The predicted octanol–water partition coefficient (Wildman–Crippen LogP) is 5.23. The molecule has 2 aromatic carbocycles.